The van der Waals surface area contributed by atoms with E-state index in [4.69, 9.17) is 18.9 Å². The largest absolute Gasteiger partial charge is 0.493 e. The van der Waals surface area contributed by atoms with Crippen molar-refractivity contribution in [2.24, 2.45) is 0 Å². The third-order valence-electron chi connectivity index (χ3n) is 7.04. The van der Waals surface area contributed by atoms with E-state index in [9.17, 15) is 24.6 Å². The van der Waals surface area contributed by atoms with Crippen molar-refractivity contribution in [3.63, 3.8) is 0 Å². The van der Waals surface area contributed by atoms with Crippen molar-refractivity contribution in [3.05, 3.63) is 34.9 Å². The lowest BCUT2D eigenvalue weighted by Gasteiger charge is -2.41. The summed E-state index contributed by atoms with van der Waals surface area (Å²) in [7, 11) is 2.95. The van der Waals surface area contributed by atoms with E-state index in [-0.39, 0.29) is 50.3 Å². The molecule has 2 amide bonds. The van der Waals surface area contributed by atoms with Crippen molar-refractivity contribution < 1.29 is 43.5 Å². The van der Waals surface area contributed by atoms with Crippen LogP contribution in [-0.4, -0.2) is 105 Å². The molecule has 4 rings (SSSR count). The molecule has 3 N–H and O–H groups in total. The zero-order valence-electron chi connectivity index (χ0n) is 21.1. The van der Waals surface area contributed by atoms with Gasteiger partial charge in [-0.2, -0.15) is 0 Å². The Morgan fingerprint density at radius 1 is 1.30 bits per heavy atom. The Bertz CT molecular complexity index is 1040. The number of carbonyl (C=O) groups excluding carboxylic acids is 3. The fourth-order valence-corrected chi connectivity index (χ4v) is 5.29. The predicted molar refractivity (Wildman–Crippen MR) is 131 cm³/mol. The number of fused-ring (bicyclic) bond motifs is 3. The van der Waals surface area contributed by atoms with E-state index in [2.05, 4.69) is 5.32 Å². The van der Waals surface area contributed by atoms with Gasteiger partial charge in [-0.3, -0.25) is 14.4 Å². The van der Waals surface area contributed by atoms with Crippen LogP contribution in [0.15, 0.2) is 23.8 Å². The molecule has 1 aromatic carbocycles. The quantitative estimate of drug-likeness (QED) is 0.349. The summed E-state index contributed by atoms with van der Waals surface area (Å²) in [5.74, 6) is -0.787. The number of carbonyl (C=O) groups is 3. The number of benzene rings is 1. The van der Waals surface area contributed by atoms with Crippen molar-refractivity contribution in [1.82, 2.24) is 10.2 Å². The molecule has 0 bridgehead atoms. The van der Waals surface area contributed by atoms with E-state index in [0.29, 0.717) is 35.5 Å². The second kappa shape index (κ2) is 12.0. The van der Waals surface area contributed by atoms with Crippen LogP contribution in [-0.2, 0) is 19.1 Å². The van der Waals surface area contributed by atoms with Crippen LogP contribution in [0.3, 0.4) is 0 Å². The zero-order valence-corrected chi connectivity index (χ0v) is 21.1. The molecule has 1 aromatic rings. The second-order valence-electron chi connectivity index (χ2n) is 9.33. The predicted octanol–water partition coefficient (Wildman–Crippen LogP) is 0.174. The van der Waals surface area contributed by atoms with Gasteiger partial charge >= 0.3 is 0 Å². The number of aliphatic hydroxyl groups excluding tert-OH is 2. The third-order valence-corrected chi connectivity index (χ3v) is 7.04. The SMILES string of the molecule is COCCC(=O)N(C[C@H]1CCCO1)[C@@H]1C=C(C(=O)NCCO)[C@@H]2c3cc(C=O)cc(OC)c3O[C@@H]2[C@H]1O. The molecular formula is C26H34N2O9. The highest BCUT2D eigenvalue weighted by atomic mass is 16.5. The lowest BCUT2D eigenvalue weighted by Crippen LogP contribution is -2.57. The summed E-state index contributed by atoms with van der Waals surface area (Å²) in [6.45, 7) is 0.825. The first-order chi connectivity index (χ1) is 17.9. The van der Waals surface area contributed by atoms with Gasteiger partial charge in [-0.1, -0.05) is 0 Å². The Morgan fingerprint density at radius 3 is 2.76 bits per heavy atom. The highest BCUT2D eigenvalue weighted by Gasteiger charge is 2.51. The number of aldehydes is 1. The second-order valence-corrected chi connectivity index (χ2v) is 9.33. The molecular weight excluding hydrogens is 484 g/mol. The Hall–Kier alpha value is -2.99. The number of hydrogen-bond donors (Lipinski definition) is 3. The van der Waals surface area contributed by atoms with Crippen molar-refractivity contribution in [2.75, 3.05) is 47.1 Å². The maximum Gasteiger partial charge on any atom is 0.247 e. The van der Waals surface area contributed by atoms with Crippen LogP contribution >= 0.6 is 0 Å². The van der Waals surface area contributed by atoms with Gasteiger partial charge in [0.05, 0.1) is 44.8 Å². The molecule has 11 heteroatoms. The van der Waals surface area contributed by atoms with E-state index in [0.717, 1.165) is 12.8 Å². The number of amides is 2. The number of nitrogens with zero attached hydrogens (tertiary/aromatic N) is 1. The molecule has 0 saturated carbocycles. The van der Waals surface area contributed by atoms with Crippen LogP contribution in [0, 0.1) is 0 Å². The van der Waals surface area contributed by atoms with Crippen molar-refractivity contribution >= 4 is 18.1 Å². The fourth-order valence-electron chi connectivity index (χ4n) is 5.29. The van der Waals surface area contributed by atoms with Crippen molar-refractivity contribution in [2.45, 2.75) is 49.5 Å². The van der Waals surface area contributed by atoms with Crippen LogP contribution in [0.5, 0.6) is 11.5 Å². The maximum absolute atomic E-state index is 13.3. The molecule has 0 radical (unpaired) electrons. The maximum atomic E-state index is 13.3. The number of aliphatic hydroxyl groups is 2. The zero-order chi connectivity index (χ0) is 26.5. The van der Waals surface area contributed by atoms with Crippen LogP contribution < -0.4 is 14.8 Å². The van der Waals surface area contributed by atoms with Gasteiger partial charge in [-0.15, -0.1) is 0 Å². The summed E-state index contributed by atoms with van der Waals surface area (Å²) in [5, 5.41) is 23.5. The summed E-state index contributed by atoms with van der Waals surface area (Å²) in [4.78, 5) is 39.7. The molecule has 0 aromatic heterocycles. The molecule has 3 aliphatic rings. The van der Waals surface area contributed by atoms with Gasteiger partial charge in [0, 0.05) is 43.5 Å². The molecule has 37 heavy (non-hydrogen) atoms. The van der Waals surface area contributed by atoms with Crippen molar-refractivity contribution in [1.29, 1.82) is 0 Å². The van der Waals surface area contributed by atoms with Gasteiger partial charge in [0.15, 0.2) is 11.5 Å². The smallest absolute Gasteiger partial charge is 0.247 e. The van der Waals surface area contributed by atoms with Crippen LogP contribution in [0.4, 0.5) is 0 Å². The first-order valence-corrected chi connectivity index (χ1v) is 12.5. The Kier molecular flexibility index (Phi) is 8.80. The first-order valence-electron chi connectivity index (χ1n) is 12.5. The monoisotopic (exact) mass is 518 g/mol. The van der Waals surface area contributed by atoms with Gasteiger partial charge in [0.1, 0.15) is 18.5 Å². The van der Waals surface area contributed by atoms with Crippen LogP contribution in [0.1, 0.15) is 41.1 Å². The molecule has 1 aliphatic carbocycles. The number of hydrogen-bond acceptors (Lipinski definition) is 9. The average Bonchev–Trinajstić information content (AvgIpc) is 3.57. The molecule has 1 saturated heterocycles. The molecule has 2 heterocycles. The summed E-state index contributed by atoms with van der Waals surface area (Å²) in [6.07, 6.45) is 1.73. The minimum atomic E-state index is -1.19. The lowest BCUT2D eigenvalue weighted by atomic mass is 9.77. The summed E-state index contributed by atoms with van der Waals surface area (Å²) >= 11 is 0. The van der Waals surface area contributed by atoms with Crippen LogP contribution in [0.25, 0.3) is 0 Å². The first kappa shape index (κ1) is 27.1. The van der Waals surface area contributed by atoms with Gasteiger partial charge in [-0.25, -0.2) is 0 Å². The molecule has 202 valence electrons. The van der Waals surface area contributed by atoms with Crippen LogP contribution in [0.2, 0.25) is 0 Å². The number of methoxy groups -OCH3 is 2. The Labute approximate surface area is 215 Å². The molecule has 0 unspecified atom stereocenters. The molecule has 5 atom stereocenters. The standard InChI is InChI=1S/C26H34N2O9/c1-34-9-5-21(31)28(13-16-4-3-8-36-16)19-12-18(26(33)27-6-7-29)22-17-10-15(14-30)11-20(35-2)24(17)37-25(22)23(19)32/h10-12,14,16,19,22-23,25,29,32H,3-9,13H2,1-2H3,(H,27,33)/t16-,19-,22+,23+,25+/m1/s1. The normalized spacial score (nSPS) is 25.9. The molecule has 11 nitrogen and oxygen atoms in total. The van der Waals surface area contributed by atoms with Gasteiger partial charge < -0.3 is 39.4 Å². The Morgan fingerprint density at radius 2 is 2.11 bits per heavy atom. The minimum absolute atomic E-state index is 0.0264. The van der Waals surface area contributed by atoms with E-state index in [1.165, 1.54) is 25.2 Å². The van der Waals surface area contributed by atoms with E-state index >= 15 is 0 Å². The Balaban J connectivity index is 1.77. The van der Waals surface area contributed by atoms with E-state index in [1.54, 1.807) is 12.1 Å². The van der Waals surface area contributed by atoms with Crippen molar-refractivity contribution in [3.8, 4) is 11.5 Å². The molecule has 1 fully saturated rings. The summed E-state index contributed by atoms with van der Waals surface area (Å²) in [6, 6.07) is 2.26. The average molecular weight is 519 g/mol. The fraction of sp³-hybridized carbons (Fsp3) is 0.577. The van der Waals surface area contributed by atoms with E-state index in [1.807, 2.05) is 0 Å². The minimum Gasteiger partial charge on any atom is -0.493 e. The summed E-state index contributed by atoms with van der Waals surface area (Å²) in [5.41, 5.74) is 1.14. The number of ether oxygens (including phenoxy) is 4. The van der Waals surface area contributed by atoms with Gasteiger partial charge in [0.25, 0.3) is 0 Å². The van der Waals surface area contributed by atoms with Gasteiger partial charge in [-0.05, 0) is 31.1 Å². The highest BCUT2D eigenvalue weighted by molar-refractivity contribution is 5.96. The highest BCUT2D eigenvalue weighted by Crippen LogP contribution is 2.51. The summed E-state index contributed by atoms with van der Waals surface area (Å²) < 4.78 is 22.5. The number of rotatable bonds is 11. The third kappa shape index (κ3) is 5.49. The molecule has 0 spiro atoms. The van der Waals surface area contributed by atoms with E-state index < -0.39 is 30.1 Å². The molecule has 2 aliphatic heterocycles. The number of nitrogens with one attached hydrogen (secondary N) is 1. The van der Waals surface area contributed by atoms with Gasteiger partial charge in [0.2, 0.25) is 11.8 Å². The lowest BCUT2D eigenvalue weighted by molar-refractivity contribution is -0.140. The topological polar surface area (TPSA) is 144 Å².